The Morgan fingerprint density at radius 3 is 1.37 bits per heavy atom. The van der Waals surface area contributed by atoms with Gasteiger partial charge in [-0.3, -0.25) is 4.79 Å². The van der Waals surface area contributed by atoms with Crippen LogP contribution in [0.5, 0.6) is 0 Å². The molecule has 404 valence electrons. The van der Waals surface area contributed by atoms with Crippen molar-refractivity contribution in [3.63, 3.8) is 0 Å². The summed E-state index contributed by atoms with van der Waals surface area (Å²) in [7, 11) is 0. The fraction of sp³-hybridized carbons (Fsp3) is 0.754. The number of rotatable bonds is 48. The second kappa shape index (κ2) is 49.9. The highest BCUT2D eigenvalue weighted by atomic mass is 16.7. The van der Waals surface area contributed by atoms with Crippen molar-refractivity contribution in [2.75, 3.05) is 13.2 Å². The van der Waals surface area contributed by atoms with Gasteiger partial charge in [0.2, 0.25) is 5.91 Å². The zero-order chi connectivity index (χ0) is 50.8. The molecule has 1 fully saturated rings. The number of amides is 1. The lowest BCUT2D eigenvalue weighted by molar-refractivity contribution is -0.302. The summed E-state index contributed by atoms with van der Waals surface area (Å²) in [5.74, 6) is -0.192. The van der Waals surface area contributed by atoms with Gasteiger partial charge in [0.05, 0.1) is 25.4 Å². The number of hydrogen-bond acceptors (Lipinski definition) is 8. The van der Waals surface area contributed by atoms with Crippen LogP contribution in [0.15, 0.2) is 85.1 Å². The Hall–Kier alpha value is -2.63. The number of hydrogen-bond donors (Lipinski definition) is 6. The maximum absolute atomic E-state index is 13.1. The Labute approximate surface area is 429 Å². The number of unbranched alkanes of at least 4 members (excludes halogenated alkanes) is 26. The Kier molecular flexibility index (Phi) is 46.6. The van der Waals surface area contributed by atoms with E-state index in [2.05, 4.69) is 92.1 Å². The molecule has 0 aromatic carbocycles. The predicted molar refractivity (Wildman–Crippen MR) is 295 cm³/mol. The first-order valence-electron chi connectivity index (χ1n) is 28.8. The van der Waals surface area contributed by atoms with Crippen molar-refractivity contribution in [2.24, 2.45) is 0 Å². The van der Waals surface area contributed by atoms with Gasteiger partial charge in [-0.25, -0.2) is 0 Å². The molecule has 0 aromatic heterocycles. The van der Waals surface area contributed by atoms with E-state index in [0.29, 0.717) is 6.42 Å². The van der Waals surface area contributed by atoms with E-state index in [-0.39, 0.29) is 12.5 Å². The summed E-state index contributed by atoms with van der Waals surface area (Å²) in [6.07, 6.45) is 63.6. The highest BCUT2D eigenvalue weighted by molar-refractivity contribution is 5.76. The molecule has 1 saturated heterocycles. The quantitative estimate of drug-likeness (QED) is 0.0261. The Morgan fingerprint density at radius 2 is 0.900 bits per heavy atom. The SMILES string of the molecule is CC/C=C\C/C=C\C/C=C\C/C=C\C/C=C\CCCCCCCCCCCCCC(=O)NC(COC1OC(CO)C(O)C(O)C1O)C(O)/C=C/CC/C=C/CCCCCCCCCCCCCCCC. The molecular formula is C61H107NO8. The highest BCUT2D eigenvalue weighted by Crippen LogP contribution is 2.23. The van der Waals surface area contributed by atoms with Crippen LogP contribution in [0.1, 0.15) is 239 Å². The normalized spacial score (nSPS) is 20.0. The van der Waals surface area contributed by atoms with E-state index in [4.69, 9.17) is 9.47 Å². The lowest BCUT2D eigenvalue weighted by Crippen LogP contribution is -2.60. The van der Waals surface area contributed by atoms with Crippen LogP contribution in [-0.4, -0.2) is 87.5 Å². The van der Waals surface area contributed by atoms with Gasteiger partial charge in [-0.1, -0.05) is 240 Å². The van der Waals surface area contributed by atoms with Crippen LogP contribution < -0.4 is 5.32 Å². The highest BCUT2D eigenvalue weighted by Gasteiger charge is 2.44. The molecule has 1 amide bonds. The lowest BCUT2D eigenvalue weighted by atomic mass is 9.99. The fourth-order valence-electron chi connectivity index (χ4n) is 8.67. The van der Waals surface area contributed by atoms with Crippen molar-refractivity contribution in [1.82, 2.24) is 5.32 Å². The van der Waals surface area contributed by atoms with Gasteiger partial charge in [-0.2, -0.15) is 0 Å². The molecule has 0 saturated carbocycles. The second-order valence-corrected chi connectivity index (χ2v) is 19.7. The molecule has 0 spiro atoms. The zero-order valence-corrected chi connectivity index (χ0v) is 44.7. The van der Waals surface area contributed by atoms with Crippen molar-refractivity contribution in [1.29, 1.82) is 0 Å². The predicted octanol–water partition coefficient (Wildman–Crippen LogP) is 14.2. The molecular weight excluding hydrogens is 875 g/mol. The van der Waals surface area contributed by atoms with E-state index in [1.54, 1.807) is 6.08 Å². The van der Waals surface area contributed by atoms with Crippen LogP contribution in [0.2, 0.25) is 0 Å². The topological polar surface area (TPSA) is 149 Å². The van der Waals surface area contributed by atoms with Gasteiger partial charge in [-0.05, 0) is 77.0 Å². The minimum Gasteiger partial charge on any atom is -0.394 e. The van der Waals surface area contributed by atoms with Crippen molar-refractivity contribution in [3.8, 4) is 0 Å². The van der Waals surface area contributed by atoms with Gasteiger partial charge < -0.3 is 40.3 Å². The molecule has 7 atom stereocenters. The molecule has 9 heteroatoms. The van der Waals surface area contributed by atoms with E-state index in [9.17, 15) is 30.3 Å². The van der Waals surface area contributed by atoms with Crippen molar-refractivity contribution >= 4 is 5.91 Å². The minimum atomic E-state index is -1.58. The molecule has 0 radical (unpaired) electrons. The minimum absolute atomic E-state index is 0.192. The summed E-state index contributed by atoms with van der Waals surface area (Å²) in [6.45, 7) is 3.66. The summed E-state index contributed by atoms with van der Waals surface area (Å²) in [6, 6.07) is -0.829. The summed E-state index contributed by atoms with van der Waals surface area (Å²) in [5.41, 5.74) is 0. The van der Waals surface area contributed by atoms with Crippen LogP contribution >= 0.6 is 0 Å². The van der Waals surface area contributed by atoms with E-state index >= 15 is 0 Å². The summed E-state index contributed by atoms with van der Waals surface area (Å²) < 4.78 is 11.3. The number of carbonyl (C=O) groups excluding carboxylic acids is 1. The van der Waals surface area contributed by atoms with Crippen molar-refractivity contribution in [2.45, 2.75) is 281 Å². The first-order valence-corrected chi connectivity index (χ1v) is 28.8. The Bertz CT molecular complexity index is 1370. The maximum atomic E-state index is 13.1. The van der Waals surface area contributed by atoms with E-state index in [1.165, 1.54) is 141 Å². The molecule has 1 heterocycles. The summed E-state index contributed by atoms with van der Waals surface area (Å²) >= 11 is 0. The van der Waals surface area contributed by atoms with Crippen LogP contribution in [0.3, 0.4) is 0 Å². The standard InChI is InChI=1S/C61H107NO8/c1-3-5-7-9-11-13-15-17-19-21-23-25-26-27-28-29-30-31-33-35-37-39-41-43-45-47-49-51-57(65)62-54(53-69-61-60(68)59(67)58(66)56(52-63)70-61)55(64)50-48-46-44-42-40-38-36-34-32-24-22-20-18-16-14-12-10-8-6-4-2/h5,7,11,13,17,19,23,25,27-28,40,42,48,50,54-56,58-61,63-64,66-68H,3-4,6,8-10,12,14-16,18,20-22,24,26,29-39,41,43-47,49,51-53H2,1-2H3,(H,62,65)/b7-5-,13-11-,19-17-,25-23-,28-27-,42-40+,50-48+. The monoisotopic (exact) mass is 982 g/mol. The molecule has 7 unspecified atom stereocenters. The molecule has 0 bridgehead atoms. The van der Waals surface area contributed by atoms with Gasteiger partial charge in [0.1, 0.15) is 24.4 Å². The summed E-state index contributed by atoms with van der Waals surface area (Å²) in [5, 5.41) is 54.5. The summed E-state index contributed by atoms with van der Waals surface area (Å²) in [4.78, 5) is 13.1. The first-order chi connectivity index (χ1) is 34.3. The van der Waals surface area contributed by atoms with Crippen molar-refractivity contribution in [3.05, 3.63) is 85.1 Å². The number of aliphatic hydroxyl groups excluding tert-OH is 5. The van der Waals surface area contributed by atoms with Crippen LogP contribution in [0.25, 0.3) is 0 Å². The molecule has 70 heavy (non-hydrogen) atoms. The third-order valence-electron chi connectivity index (χ3n) is 13.2. The third-order valence-corrected chi connectivity index (χ3v) is 13.2. The molecule has 1 aliphatic heterocycles. The third kappa shape index (κ3) is 39.0. The van der Waals surface area contributed by atoms with Gasteiger partial charge in [0, 0.05) is 6.42 Å². The number of allylic oxidation sites excluding steroid dienone is 13. The fourth-order valence-corrected chi connectivity index (χ4v) is 8.67. The number of ether oxygens (including phenoxy) is 2. The van der Waals surface area contributed by atoms with E-state index in [1.807, 2.05) is 6.08 Å². The van der Waals surface area contributed by atoms with Gasteiger partial charge in [0.25, 0.3) is 0 Å². The number of carbonyl (C=O) groups is 1. The molecule has 9 nitrogen and oxygen atoms in total. The number of nitrogens with one attached hydrogen (secondary N) is 1. The zero-order valence-electron chi connectivity index (χ0n) is 44.7. The second-order valence-electron chi connectivity index (χ2n) is 19.7. The lowest BCUT2D eigenvalue weighted by Gasteiger charge is -2.40. The maximum Gasteiger partial charge on any atom is 0.220 e. The van der Waals surface area contributed by atoms with Crippen LogP contribution in [0.4, 0.5) is 0 Å². The smallest absolute Gasteiger partial charge is 0.220 e. The Balaban J connectivity index is 2.25. The largest absolute Gasteiger partial charge is 0.394 e. The van der Waals surface area contributed by atoms with E-state index in [0.717, 1.165) is 77.0 Å². The average molecular weight is 983 g/mol. The molecule has 0 aliphatic carbocycles. The van der Waals surface area contributed by atoms with Gasteiger partial charge in [-0.15, -0.1) is 0 Å². The van der Waals surface area contributed by atoms with E-state index < -0.39 is 49.5 Å². The Morgan fingerprint density at radius 1 is 0.500 bits per heavy atom. The molecule has 1 rings (SSSR count). The number of aliphatic hydroxyl groups is 5. The van der Waals surface area contributed by atoms with Crippen LogP contribution in [0, 0.1) is 0 Å². The molecule has 1 aliphatic rings. The van der Waals surface area contributed by atoms with Crippen LogP contribution in [-0.2, 0) is 14.3 Å². The van der Waals surface area contributed by atoms with Gasteiger partial charge >= 0.3 is 0 Å². The average Bonchev–Trinajstić information content (AvgIpc) is 3.36. The molecule has 0 aromatic rings. The van der Waals surface area contributed by atoms with Crippen molar-refractivity contribution < 1.29 is 39.8 Å². The molecule has 6 N–H and O–H groups in total. The first kappa shape index (κ1) is 65.4. The van der Waals surface area contributed by atoms with Gasteiger partial charge in [0.15, 0.2) is 6.29 Å².